The molecule has 0 amide bonds. The fourth-order valence-corrected chi connectivity index (χ4v) is 3.74. The standard InChI is InChI=1S/C10H13IO3/c1-8(2)9(3)4-5-10(8,6(11)12)14-7(9)13/h4-5H2,1-3H3/t9-,10+/m0/s1. The van der Waals surface area contributed by atoms with Gasteiger partial charge in [-0.15, -0.1) is 0 Å². The van der Waals surface area contributed by atoms with Crippen molar-refractivity contribution >= 4 is 32.4 Å². The van der Waals surface area contributed by atoms with E-state index in [1.54, 1.807) is 22.6 Å². The van der Waals surface area contributed by atoms with Crippen molar-refractivity contribution in [2.75, 3.05) is 0 Å². The molecule has 1 saturated heterocycles. The second-order valence-electron chi connectivity index (χ2n) is 4.95. The van der Waals surface area contributed by atoms with E-state index in [1.807, 2.05) is 20.8 Å². The predicted molar refractivity (Wildman–Crippen MR) is 59.0 cm³/mol. The maximum atomic E-state index is 11.7. The molecule has 2 atom stereocenters. The Hall–Kier alpha value is -0.130. The molecule has 2 fully saturated rings. The Labute approximate surface area is 96.7 Å². The zero-order valence-electron chi connectivity index (χ0n) is 8.52. The van der Waals surface area contributed by atoms with Crippen molar-refractivity contribution in [3.63, 3.8) is 0 Å². The van der Waals surface area contributed by atoms with E-state index in [4.69, 9.17) is 4.74 Å². The molecular formula is C10H13IO3. The van der Waals surface area contributed by atoms with Crippen molar-refractivity contribution in [3.8, 4) is 0 Å². The molecule has 2 aliphatic rings. The third-order valence-corrected chi connectivity index (χ3v) is 5.27. The highest BCUT2D eigenvalue weighted by molar-refractivity contribution is 14.1. The summed E-state index contributed by atoms with van der Waals surface area (Å²) < 4.78 is 5.29. The van der Waals surface area contributed by atoms with Gasteiger partial charge < -0.3 is 4.74 Å². The van der Waals surface area contributed by atoms with Crippen LogP contribution < -0.4 is 0 Å². The Morgan fingerprint density at radius 2 is 1.93 bits per heavy atom. The molecule has 0 N–H and O–H groups in total. The Kier molecular flexibility index (Phi) is 1.86. The minimum Gasteiger partial charge on any atom is -0.449 e. The van der Waals surface area contributed by atoms with Crippen LogP contribution in [0.1, 0.15) is 33.6 Å². The molecule has 1 aliphatic carbocycles. The lowest BCUT2D eigenvalue weighted by Gasteiger charge is -2.33. The predicted octanol–water partition coefficient (Wildman–Crippen LogP) is 2.07. The summed E-state index contributed by atoms with van der Waals surface area (Å²) in [7, 11) is 0. The summed E-state index contributed by atoms with van der Waals surface area (Å²) in [4.78, 5) is 23.3. The minimum atomic E-state index is -0.862. The summed E-state index contributed by atoms with van der Waals surface area (Å²) in [6.45, 7) is 5.83. The summed E-state index contributed by atoms with van der Waals surface area (Å²) in [5, 5.41) is 0. The van der Waals surface area contributed by atoms with Gasteiger partial charge in [-0.05, 0) is 19.8 Å². The summed E-state index contributed by atoms with van der Waals surface area (Å²) in [5.74, 6) is -0.209. The number of carbonyl (C=O) groups is 2. The molecular weight excluding hydrogens is 295 g/mol. The Balaban J connectivity index is 2.60. The van der Waals surface area contributed by atoms with Crippen molar-refractivity contribution in [1.29, 1.82) is 0 Å². The SMILES string of the molecule is CC1(C)[C@@]2(C)CC[C@]1(C(=O)I)OC2=O. The highest BCUT2D eigenvalue weighted by Crippen LogP contribution is 2.66. The summed E-state index contributed by atoms with van der Waals surface area (Å²) in [6.07, 6.45) is 1.43. The van der Waals surface area contributed by atoms with Gasteiger partial charge in [-0.1, -0.05) is 13.8 Å². The number of carbonyl (C=O) groups excluding carboxylic acids is 2. The number of hydrogen-bond donors (Lipinski definition) is 0. The first-order valence-corrected chi connectivity index (χ1v) is 5.79. The Morgan fingerprint density at radius 1 is 1.36 bits per heavy atom. The molecule has 14 heavy (non-hydrogen) atoms. The van der Waals surface area contributed by atoms with Crippen LogP contribution in [0.3, 0.4) is 0 Å². The number of ether oxygens (including phenoxy) is 1. The quantitative estimate of drug-likeness (QED) is 0.423. The summed E-state index contributed by atoms with van der Waals surface area (Å²) >= 11 is 1.75. The van der Waals surface area contributed by atoms with Crippen LogP contribution in [0.25, 0.3) is 0 Å². The Bertz CT molecular complexity index is 336. The number of rotatable bonds is 1. The molecule has 1 saturated carbocycles. The van der Waals surface area contributed by atoms with Crippen LogP contribution in [0.15, 0.2) is 0 Å². The van der Waals surface area contributed by atoms with Crippen LogP contribution in [-0.4, -0.2) is 15.4 Å². The van der Waals surface area contributed by atoms with Gasteiger partial charge in [0.05, 0.1) is 5.41 Å². The van der Waals surface area contributed by atoms with Gasteiger partial charge in [-0.3, -0.25) is 9.59 Å². The monoisotopic (exact) mass is 308 g/mol. The molecule has 2 bridgehead atoms. The number of esters is 1. The maximum absolute atomic E-state index is 11.7. The van der Waals surface area contributed by atoms with E-state index in [-0.39, 0.29) is 15.2 Å². The van der Waals surface area contributed by atoms with Crippen molar-refractivity contribution in [2.45, 2.75) is 39.2 Å². The van der Waals surface area contributed by atoms with Gasteiger partial charge >= 0.3 is 5.97 Å². The second kappa shape index (κ2) is 2.51. The van der Waals surface area contributed by atoms with E-state index in [9.17, 15) is 9.59 Å². The van der Waals surface area contributed by atoms with Crippen LogP contribution in [-0.2, 0) is 14.3 Å². The topological polar surface area (TPSA) is 43.4 Å². The van der Waals surface area contributed by atoms with Gasteiger partial charge in [0.2, 0.25) is 3.79 Å². The zero-order valence-corrected chi connectivity index (χ0v) is 10.7. The normalized spacial score (nSPS) is 43.9. The van der Waals surface area contributed by atoms with Gasteiger partial charge in [0, 0.05) is 28.0 Å². The molecule has 0 aromatic heterocycles. The average molecular weight is 308 g/mol. The lowest BCUT2D eigenvalue weighted by Crippen LogP contribution is -2.45. The first kappa shape index (κ1) is 10.4. The van der Waals surface area contributed by atoms with Gasteiger partial charge in [-0.2, -0.15) is 0 Å². The van der Waals surface area contributed by atoms with Gasteiger partial charge in [0.25, 0.3) is 0 Å². The zero-order chi connectivity index (χ0) is 10.8. The lowest BCUT2D eigenvalue weighted by molar-refractivity contribution is -0.163. The summed E-state index contributed by atoms with van der Waals surface area (Å²) in [6, 6.07) is 0. The molecule has 0 aromatic rings. The average Bonchev–Trinajstić information content (AvgIpc) is 2.34. The van der Waals surface area contributed by atoms with Crippen LogP contribution in [0, 0.1) is 10.8 Å². The van der Waals surface area contributed by atoms with E-state index in [0.717, 1.165) is 6.42 Å². The van der Waals surface area contributed by atoms with Crippen LogP contribution in [0.2, 0.25) is 0 Å². The minimum absolute atomic E-state index is 0.0466. The second-order valence-corrected chi connectivity index (χ2v) is 5.93. The van der Waals surface area contributed by atoms with E-state index < -0.39 is 11.0 Å². The van der Waals surface area contributed by atoms with Crippen LogP contribution in [0.4, 0.5) is 0 Å². The number of hydrogen-bond acceptors (Lipinski definition) is 3. The fourth-order valence-electron chi connectivity index (χ4n) is 2.69. The summed E-state index contributed by atoms with van der Waals surface area (Å²) in [5.41, 5.74) is -1.72. The fraction of sp³-hybridized carbons (Fsp3) is 0.800. The molecule has 0 aromatic carbocycles. The van der Waals surface area contributed by atoms with E-state index in [0.29, 0.717) is 6.42 Å². The number of halogens is 1. The largest absolute Gasteiger partial charge is 0.449 e. The molecule has 0 radical (unpaired) electrons. The van der Waals surface area contributed by atoms with Gasteiger partial charge in [0.1, 0.15) is 0 Å². The molecule has 0 spiro atoms. The molecule has 2 rings (SSSR count). The number of fused-ring (bicyclic) bond motifs is 2. The van der Waals surface area contributed by atoms with Crippen molar-refractivity contribution in [3.05, 3.63) is 0 Å². The van der Waals surface area contributed by atoms with Crippen molar-refractivity contribution in [1.82, 2.24) is 0 Å². The first-order valence-electron chi connectivity index (χ1n) is 4.71. The van der Waals surface area contributed by atoms with E-state index in [2.05, 4.69) is 0 Å². The third kappa shape index (κ3) is 0.800. The van der Waals surface area contributed by atoms with E-state index in [1.165, 1.54) is 0 Å². The van der Waals surface area contributed by atoms with Crippen LogP contribution in [0.5, 0.6) is 0 Å². The third-order valence-electron chi connectivity index (χ3n) is 4.40. The van der Waals surface area contributed by atoms with Crippen molar-refractivity contribution in [2.24, 2.45) is 10.8 Å². The van der Waals surface area contributed by atoms with E-state index >= 15 is 0 Å². The molecule has 0 unspecified atom stereocenters. The molecule has 1 heterocycles. The highest BCUT2D eigenvalue weighted by atomic mass is 127. The van der Waals surface area contributed by atoms with Crippen LogP contribution >= 0.6 is 22.6 Å². The first-order chi connectivity index (χ1) is 6.28. The molecule has 3 nitrogen and oxygen atoms in total. The van der Waals surface area contributed by atoms with Crippen molar-refractivity contribution < 1.29 is 14.3 Å². The Morgan fingerprint density at radius 3 is 2.14 bits per heavy atom. The van der Waals surface area contributed by atoms with Gasteiger partial charge in [0.15, 0.2) is 5.60 Å². The molecule has 4 heteroatoms. The maximum Gasteiger partial charge on any atom is 0.313 e. The van der Waals surface area contributed by atoms with Gasteiger partial charge in [-0.25, -0.2) is 0 Å². The smallest absolute Gasteiger partial charge is 0.313 e. The lowest BCUT2D eigenvalue weighted by atomic mass is 9.67. The molecule has 1 aliphatic heterocycles. The highest BCUT2D eigenvalue weighted by Gasteiger charge is 2.75. The molecule has 78 valence electrons.